The van der Waals surface area contributed by atoms with E-state index in [1.165, 1.54) is 6.92 Å². The second-order valence-corrected chi connectivity index (χ2v) is 12.9. The molecule has 1 atom stereocenters. The Bertz CT molecular complexity index is 2360. The summed E-state index contributed by atoms with van der Waals surface area (Å²) in [5.74, 6) is 0.933. The van der Waals surface area contributed by atoms with Gasteiger partial charge >= 0.3 is 18.9 Å². The SMILES string of the molecule is CC(=O)c1c(-c2ccc(Cl)cc2)noc1-c1ccccc1.CC(O)(c1cccnc1)c1c(-c2ccc(Cl)cc2)noc1-c1ccccc1.[Li+].[c-]1cccnc1. The Hall–Kier alpha value is -5.59. The van der Waals surface area contributed by atoms with Crippen molar-refractivity contribution < 1.29 is 37.8 Å². The molecule has 0 spiro atoms. The van der Waals surface area contributed by atoms with E-state index < -0.39 is 5.60 Å². The van der Waals surface area contributed by atoms with E-state index in [4.69, 9.17) is 32.2 Å². The zero-order chi connectivity index (χ0) is 37.9. The summed E-state index contributed by atoms with van der Waals surface area (Å²) >= 11 is 11.9. The Balaban J connectivity index is 0.000000184. The first-order chi connectivity index (χ1) is 26.2. The molecule has 0 saturated carbocycles. The standard InChI is InChI=1S/C22H17ClN2O2.C17H12ClNO2.C5H4N.Li/c1-22(26,17-8-5-13-24-14-17)19-20(15-9-11-18(23)12-10-15)25-27-21(19)16-6-3-2-4-7-16;1-11(20)15-16(12-7-9-14(18)10-8-12)19-21-17(15)13-5-3-2-4-6-13;1-2-4-6-5-3-1;/h2-14,26H,1H3;2-10H,1H3;1-2,4-5H;/q;;-1;+1. The van der Waals surface area contributed by atoms with Gasteiger partial charge in [0, 0.05) is 50.3 Å². The van der Waals surface area contributed by atoms with Gasteiger partial charge in [-0.3, -0.25) is 9.78 Å². The topological polar surface area (TPSA) is 115 Å². The molecule has 8 nitrogen and oxygen atoms in total. The third kappa shape index (κ3) is 9.94. The second-order valence-electron chi connectivity index (χ2n) is 12.0. The Morgan fingerprint density at radius 3 is 1.65 bits per heavy atom. The predicted molar refractivity (Wildman–Crippen MR) is 211 cm³/mol. The van der Waals surface area contributed by atoms with Crippen LogP contribution in [0.25, 0.3) is 45.2 Å². The van der Waals surface area contributed by atoms with Crippen molar-refractivity contribution in [1.29, 1.82) is 0 Å². The summed E-state index contributed by atoms with van der Waals surface area (Å²) in [5.41, 5.74) is 4.76. The normalized spacial score (nSPS) is 11.4. The van der Waals surface area contributed by atoms with E-state index in [1.54, 1.807) is 62.0 Å². The van der Waals surface area contributed by atoms with Crippen LogP contribution in [0.2, 0.25) is 10.0 Å². The molecule has 1 unspecified atom stereocenters. The number of halogens is 2. The van der Waals surface area contributed by atoms with E-state index in [2.05, 4.69) is 26.3 Å². The average molecular weight is 760 g/mol. The van der Waals surface area contributed by atoms with Gasteiger partial charge in [-0.15, -0.1) is 0 Å². The summed E-state index contributed by atoms with van der Waals surface area (Å²) < 4.78 is 11.1. The molecule has 268 valence electrons. The van der Waals surface area contributed by atoms with Gasteiger partial charge < -0.3 is 19.1 Å². The van der Waals surface area contributed by atoms with Crippen molar-refractivity contribution in [1.82, 2.24) is 20.3 Å². The van der Waals surface area contributed by atoms with E-state index in [9.17, 15) is 9.90 Å². The smallest absolute Gasteiger partial charge is 0.380 e. The number of Topliss-reactive ketones (excluding diaryl/α,β-unsaturated/α-hetero) is 1. The third-order valence-corrected chi connectivity index (χ3v) is 8.77. The van der Waals surface area contributed by atoms with E-state index in [-0.39, 0.29) is 24.6 Å². The molecule has 11 heteroatoms. The average Bonchev–Trinajstić information content (AvgIpc) is 3.88. The number of aromatic nitrogens is 4. The van der Waals surface area contributed by atoms with Crippen LogP contribution in [-0.4, -0.2) is 31.2 Å². The number of hydrogen-bond acceptors (Lipinski definition) is 8. The maximum Gasteiger partial charge on any atom is 1.00 e. The zero-order valence-electron chi connectivity index (χ0n) is 30.2. The minimum atomic E-state index is -1.35. The number of hydrogen-bond donors (Lipinski definition) is 1. The molecule has 0 bridgehead atoms. The van der Waals surface area contributed by atoms with Crippen molar-refractivity contribution >= 4 is 29.0 Å². The molecule has 55 heavy (non-hydrogen) atoms. The summed E-state index contributed by atoms with van der Waals surface area (Å²) in [6.45, 7) is 3.24. The van der Waals surface area contributed by atoms with E-state index in [1.807, 2.05) is 103 Å². The molecule has 8 aromatic rings. The molecule has 0 aliphatic heterocycles. The number of carbonyl (C=O) groups excluding carboxylic acids is 1. The van der Waals surface area contributed by atoms with Crippen molar-refractivity contribution in [3.05, 3.63) is 191 Å². The van der Waals surface area contributed by atoms with Crippen LogP contribution >= 0.6 is 23.2 Å². The molecule has 0 saturated heterocycles. The molecule has 0 radical (unpaired) electrons. The van der Waals surface area contributed by atoms with E-state index in [0.29, 0.717) is 49.6 Å². The fourth-order valence-corrected chi connectivity index (χ4v) is 5.87. The van der Waals surface area contributed by atoms with Crippen LogP contribution in [0.3, 0.4) is 0 Å². The molecule has 0 amide bonds. The summed E-state index contributed by atoms with van der Waals surface area (Å²) in [7, 11) is 0. The third-order valence-electron chi connectivity index (χ3n) is 8.27. The molecular formula is C44H33Cl2LiN4O4. The maximum atomic E-state index is 12.0. The zero-order valence-corrected chi connectivity index (χ0v) is 31.7. The number of nitrogens with zero attached hydrogens (tertiary/aromatic N) is 4. The fraction of sp³-hybridized carbons (Fsp3) is 0.0682. The minimum Gasteiger partial charge on any atom is -0.380 e. The van der Waals surface area contributed by atoms with Crippen LogP contribution in [0.5, 0.6) is 0 Å². The first-order valence-corrected chi connectivity index (χ1v) is 17.5. The quantitative estimate of drug-likeness (QED) is 0.0987. The Labute approximate surface area is 341 Å². The number of aliphatic hydroxyl groups is 1. The summed E-state index contributed by atoms with van der Waals surface area (Å²) in [4.78, 5) is 19.9. The van der Waals surface area contributed by atoms with Crippen molar-refractivity contribution in [2.75, 3.05) is 0 Å². The second kappa shape index (κ2) is 19.1. The number of benzene rings is 4. The van der Waals surface area contributed by atoms with E-state index >= 15 is 0 Å². The van der Waals surface area contributed by atoms with Gasteiger partial charge in [-0.1, -0.05) is 137 Å². The van der Waals surface area contributed by atoms with Crippen LogP contribution in [0.1, 0.15) is 35.3 Å². The van der Waals surface area contributed by atoms with Crippen LogP contribution in [0.15, 0.2) is 167 Å². The molecule has 0 fully saturated rings. The van der Waals surface area contributed by atoms with Crippen molar-refractivity contribution in [2.24, 2.45) is 0 Å². The van der Waals surface area contributed by atoms with Gasteiger partial charge in [0.15, 0.2) is 17.3 Å². The van der Waals surface area contributed by atoms with Crippen LogP contribution in [-0.2, 0) is 5.60 Å². The number of carbonyl (C=O) groups is 1. The Morgan fingerprint density at radius 1 is 0.655 bits per heavy atom. The molecule has 0 aliphatic rings. The van der Waals surface area contributed by atoms with Crippen molar-refractivity contribution in [3.63, 3.8) is 0 Å². The Morgan fingerprint density at radius 2 is 1.18 bits per heavy atom. The maximum absolute atomic E-state index is 12.0. The largest absolute Gasteiger partial charge is 1.00 e. The predicted octanol–water partition coefficient (Wildman–Crippen LogP) is 8.06. The fourth-order valence-electron chi connectivity index (χ4n) is 5.61. The molecule has 4 aromatic carbocycles. The molecule has 4 heterocycles. The molecule has 0 aliphatic carbocycles. The van der Waals surface area contributed by atoms with Crippen LogP contribution in [0, 0.1) is 6.07 Å². The van der Waals surface area contributed by atoms with Gasteiger partial charge in [-0.05, 0) is 44.2 Å². The van der Waals surface area contributed by atoms with Crippen molar-refractivity contribution in [3.8, 4) is 45.2 Å². The van der Waals surface area contributed by atoms with Gasteiger partial charge in [-0.25, -0.2) is 12.1 Å². The molecule has 4 aromatic heterocycles. The summed E-state index contributed by atoms with van der Waals surface area (Å²) in [6.07, 6.45) is 6.66. The van der Waals surface area contributed by atoms with Crippen LogP contribution in [0.4, 0.5) is 0 Å². The minimum absolute atomic E-state index is 0. The molecule has 8 rings (SSSR count). The molecular weight excluding hydrogens is 726 g/mol. The monoisotopic (exact) mass is 758 g/mol. The number of ketones is 1. The van der Waals surface area contributed by atoms with Gasteiger partial charge in [0.2, 0.25) is 0 Å². The molecule has 1 N–H and O–H groups in total. The van der Waals surface area contributed by atoms with Gasteiger partial charge in [0.25, 0.3) is 0 Å². The summed E-state index contributed by atoms with van der Waals surface area (Å²) in [6, 6.07) is 43.6. The number of rotatable bonds is 7. The first-order valence-electron chi connectivity index (χ1n) is 16.8. The van der Waals surface area contributed by atoms with Gasteiger partial charge in [-0.2, -0.15) is 6.07 Å². The summed E-state index contributed by atoms with van der Waals surface area (Å²) in [5, 5.41) is 21.1. The van der Waals surface area contributed by atoms with Gasteiger partial charge in [0.05, 0.1) is 11.1 Å². The van der Waals surface area contributed by atoms with Crippen molar-refractivity contribution in [2.45, 2.75) is 19.4 Å². The van der Waals surface area contributed by atoms with Crippen LogP contribution < -0.4 is 18.9 Å². The number of pyridine rings is 2. The first kappa shape index (κ1) is 40.6. The van der Waals surface area contributed by atoms with Gasteiger partial charge in [0.1, 0.15) is 17.0 Å². The van der Waals surface area contributed by atoms with E-state index in [0.717, 1.165) is 22.3 Å². The Kier molecular flexibility index (Phi) is 14.1.